The Morgan fingerprint density at radius 3 is 2.80 bits per heavy atom. The molecule has 1 aliphatic heterocycles. The van der Waals surface area contributed by atoms with Crippen LogP contribution in [0.1, 0.15) is 43.2 Å². The quantitative estimate of drug-likeness (QED) is 0.437. The van der Waals surface area contributed by atoms with Crippen molar-refractivity contribution in [1.29, 1.82) is 0 Å². The predicted octanol–water partition coefficient (Wildman–Crippen LogP) is 5.90. The molecule has 30 heavy (non-hydrogen) atoms. The Morgan fingerprint density at radius 1 is 1.20 bits per heavy atom. The number of nitrogens with one attached hydrogen (secondary N) is 1. The first kappa shape index (κ1) is 21.3. The first-order valence-electron chi connectivity index (χ1n) is 10.9. The van der Waals surface area contributed by atoms with Gasteiger partial charge in [0.1, 0.15) is 5.82 Å². The van der Waals surface area contributed by atoms with Gasteiger partial charge in [0.25, 0.3) is 0 Å². The molecular weight excluding hydrogens is 440 g/mol. The minimum Gasteiger partial charge on any atom is -0.478 e. The maximum absolute atomic E-state index is 5.96. The number of aryl methyl sites for hydroxylation is 2. The molecule has 1 aliphatic rings. The highest BCUT2D eigenvalue weighted by Crippen LogP contribution is 2.31. The highest BCUT2D eigenvalue weighted by atomic mass is 79.9. The Labute approximate surface area is 187 Å². The van der Waals surface area contributed by atoms with E-state index in [0.29, 0.717) is 12.5 Å². The number of unbranched alkanes of at least 4 members (excludes halogenated alkanes) is 1. The minimum atomic E-state index is 0.654. The van der Waals surface area contributed by atoms with Gasteiger partial charge in [0.15, 0.2) is 0 Å². The third-order valence-corrected chi connectivity index (χ3v) is 6.99. The van der Waals surface area contributed by atoms with Crippen molar-refractivity contribution in [3.05, 3.63) is 40.0 Å². The van der Waals surface area contributed by atoms with E-state index in [1.54, 1.807) is 6.20 Å². The average Bonchev–Trinajstić information content (AvgIpc) is 3.18. The summed E-state index contributed by atoms with van der Waals surface area (Å²) in [6.45, 7) is 7.43. The number of rotatable bonds is 7. The molecule has 1 aromatic carbocycles. The van der Waals surface area contributed by atoms with Crippen LogP contribution < -0.4 is 4.74 Å². The van der Waals surface area contributed by atoms with Gasteiger partial charge in [0.05, 0.1) is 17.6 Å². The van der Waals surface area contributed by atoms with Gasteiger partial charge in [-0.2, -0.15) is 0 Å². The fraction of sp³-hybridized carbons (Fsp3) is 0.500. The van der Waals surface area contributed by atoms with Crippen molar-refractivity contribution in [2.24, 2.45) is 5.92 Å². The number of likely N-dealkylation sites (tertiary alicyclic amines) is 1. The molecular formula is C24H31BrN4O. The zero-order valence-corrected chi connectivity index (χ0v) is 19.8. The van der Waals surface area contributed by atoms with E-state index in [4.69, 9.17) is 9.72 Å². The van der Waals surface area contributed by atoms with E-state index in [0.717, 1.165) is 39.2 Å². The van der Waals surface area contributed by atoms with Crippen LogP contribution in [0.5, 0.6) is 5.88 Å². The Kier molecular flexibility index (Phi) is 6.74. The fourth-order valence-electron chi connectivity index (χ4n) is 4.18. The molecule has 5 nitrogen and oxygen atoms in total. The van der Waals surface area contributed by atoms with Gasteiger partial charge in [0.2, 0.25) is 5.88 Å². The summed E-state index contributed by atoms with van der Waals surface area (Å²) in [5, 5.41) is 0. The maximum atomic E-state index is 5.96. The molecule has 1 fully saturated rings. The van der Waals surface area contributed by atoms with Crippen molar-refractivity contribution < 1.29 is 4.74 Å². The zero-order chi connectivity index (χ0) is 21.1. The largest absolute Gasteiger partial charge is 0.478 e. The molecule has 0 saturated carbocycles. The fourth-order valence-corrected chi connectivity index (χ4v) is 4.59. The van der Waals surface area contributed by atoms with Crippen LogP contribution in [0.4, 0.5) is 0 Å². The lowest BCUT2D eigenvalue weighted by atomic mass is 9.92. The molecule has 1 saturated heterocycles. The summed E-state index contributed by atoms with van der Waals surface area (Å²) < 4.78 is 6.87. The molecule has 0 amide bonds. The molecule has 0 radical (unpaired) electrons. The van der Waals surface area contributed by atoms with Crippen LogP contribution in [0, 0.1) is 19.8 Å². The number of hydrogen-bond donors (Lipinski definition) is 1. The number of pyridine rings is 1. The molecule has 0 bridgehead atoms. The SMILES string of the molecule is Cc1ccc2[nH]c(-c3cc(OCCCCC4CCN(C)CC4)ncc3Br)nc2c1C. The minimum absolute atomic E-state index is 0.654. The van der Waals surface area contributed by atoms with Crippen LogP contribution in [0.2, 0.25) is 0 Å². The molecule has 0 unspecified atom stereocenters. The molecule has 4 rings (SSSR count). The van der Waals surface area contributed by atoms with Crippen molar-refractivity contribution in [3.8, 4) is 17.3 Å². The average molecular weight is 471 g/mol. The van der Waals surface area contributed by atoms with Gasteiger partial charge < -0.3 is 14.6 Å². The lowest BCUT2D eigenvalue weighted by Gasteiger charge is -2.28. The number of H-pyrrole nitrogens is 1. The van der Waals surface area contributed by atoms with E-state index >= 15 is 0 Å². The Hall–Kier alpha value is -1.92. The van der Waals surface area contributed by atoms with E-state index in [1.807, 2.05) is 6.07 Å². The second-order valence-electron chi connectivity index (χ2n) is 8.58. The molecule has 0 atom stereocenters. The summed E-state index contributed by atoms with van der Waals surface area (Å²) in [4.78, 5) is 15.1. The van der Waals surface area contributed by atoms with Crippen LogP contribution in [0.25, 0.3) is 22.4 Å². The number of fused-ring (bicyclic) bond motifs is 1. The molecule has 1 N–H and O–H groups in total. The summed E-state index contributed by atoms with van der Waals surface area (Å²) >= 11 is 3.62. The number of piperidine rings is 1. The summed E-state index contributed by atoms with van der Waals surface area (Å²) in [5.74, 6) is 2.37. The van der Waals surface area contributed by atoms with Crippen LogP contribution in [-0.2, 0) is 0 Å². The molecule has 0 aliphatic carbocycles. The third-order valence-electron chi connectivity index (χ3n) is 6.36. The van der Waals surface area contributed by atoms with Gasteiger partial charge in [-0.25, -0.2) is 9.97 Å². The number of aromatic nitrogens is 3. The van der Waals surface area contributed by atoms with Gasteiger partial charge in [-0.3, -0.25) is 0 Å². The van der Waals surface area contributed by atoms with Crippen molar-refractivity contribution in [3.63, 3.8) is 0 Å². The molecule has 3 heterocycles. The number of ether oxygens (including phenoxy) is 1. The summed E-state index contributed by atoms with van der Waals surface area (Å²) in [6.07, 6.45) is 8.09. The van der Waals surface area contributed by atoms with E-state index in [2.05, 4.69) is 63.8 Å². The van der Waals surface area contributed by atoms with Gasteiger partial charge in [-0.05, 0) is 98.7 Å². The van der Waals surface area contributed by atoms with E-state index in [9.17, 15) is 0 Å². The number of imidazole rings is 1. The lowest BCUT2D eigenvalue weighted by molar-refractivity contribution is 0.205. The summed E-state index contributed by atoms with van der Waals surface area (Å²) in [7, 11) is 2.22. The van der Waals surface area contributed by atoms with Crippen LogP contribution in [0.15, 0.2) is 28.9 Å². The summed E-state index contributed by atoms with van der Waals surface area (Å²) in [6, 6.07) is 6.19. The number of hydrogen-bond acceptors (Lipinski definition) is 4. The highest BCUT2D eigenvalue weighted by molar-refractivity contribution is 9.10. The first-order chi connectivity index (χ1) is 14.5. The number of aromatic amines is 1. The number of nitrogens with zero attached hydrogens (tertiary/aromatic N) is 3. The second-order valence-corrected chi connectivity index (χ2v) is 9.44. The maximum Gasteiger partial charge on any atom is 0.213 e. The molecule has 6 heteroatoms. The van der Waals surface area contributed by atoms with Crippen molar-refractivity contribution >= 4 is 27.0 Å². The van der Waals surface area contributed by atoms with Gasteiger partial charge >= 0.3 is 0 Å². The van der Waals surface area contributed by atoms with E-state index in [-0.39, 0.29) is 0 Å². The standard InChI is InChI=1S/C24H31BrN4O/c1-16-7-8-21-23(17(16)2)28-24(27-21)19-14-22(26-15-20(19)25)30-13-5-4-6-18-9-11-29(3)12-10-18/h7-8,14-15,18H,4-6,9-13H2,1-3H3,(H,27,28). The van der Waals surface area contributed by atoms with Crippen molar-refractivity contribution in [2.75, 3.05) is 26.7 Å². The summed E-state index contributed by atoms with van der Waals surface area (Å²) in [5.41, 5.74) is 5.50. The third kappa shape index (κ3) is 4.86. The van der Waals surface area contributed by atoms with Gasteiger partial charge in [-0.1, -0.05) is 12.5 Å². The normalized spacial score (nSPS) is 15.7. The smallest absolute Gasteiger partial charge is 0.213 e. The topological polar surface area (TPSA) is 54.0 Å². The predicted molar refractivity (Wildman–Crippen MR) is 126 cm³/mol. The Balaban J connectivity index is 1.36. The highest BCUT2D eigenvalue weighted by Gasteiger charge is 2.16. The van der Waals surface area contributed by atoms with E-state index in [1.165, 1.54) is 49.9 Å². The molecule has 0 spiro atoms. The molecule has 2 aromatic heterocycles. The number of benzene rings is 1. The Bertz CT molecular complexity index is 1010. The van der Waals surface area contributed by atoms with Crippen LogP contribution in [-0.4, -0.2) is 46.6 Å². The molecule has 160 valence electrons. The van der Waals surface area contributed by atoms with Crippen molar-refractivity contribution in [1.82, 2.24) is 19.9 Å². The first-order valence-corrected chi connectivity index (χ1v) is 11.7. The van der Waals surface area contributed by atoms with Crippen LogP contribution >= 0.6 is 15.9 Å². The monoisotopic (exact) mass is 470 g/mol. The van der Waals surface area contributed by atoms with Gasteiger partial charge in [0, 0.05) is 22.3 Å². The van der Waals surface area contributed by atoms with E-state index < -0.39 is 0 Å². The van der Waals surface area contributed by atoms with Gasteiger partial charge in [-0.15, -0.1) is 0 Å². The second kappa shape index (κ2) is 9.48. The lowest BCUT2D eigenvalue weighted by Crippen LogP contribution is -2.30. The van der Waals surface area contributed by atoms with Crippen molar-refractivity contribution in [2.45, 2.75) is 46.0 Å². The Morgan fingerprint density at radius 2 is 2.00 bits per heavy atom. The number of halogens is 1. The van der Waals surface area contributed by atoms with Crippen LogP contribution in [0.3, 0.4) is 0 Å². The molecule has 3 aromatic rings. The zero-order valence-electron chi connectivity index (χ0n) is 18.2.